The van der Waals surface area contributed by atoms with Crippen LogP contribution in [0.15, 0.2) is 36.5 Å². The third-order valence-electron chi connectivity index (χ3n) is 5.60. The molecule has 0 bridgehead atoms. The van der Waals surface area contributed by atoms with Gasteiger partial charge in [-0.2, -0.15) is 5.10 Å². The van der Waals surface area contributed by atoms with Crippen LogP contribution in [0.3, 0.4) is 0 Å². The standard InChI is InChI=1S/C21H22F2N4O/c1-28-16-6-2-14(3-7-16)12-27-20-17(11-24-27)19(10-18(25-20)15-4-5-15)26-9-8-21(22,23)13-26/h2-3,6-7,10-11,15H,4-5,8-9,12-13H2,1H3. The van der Waals surface area contributed by atoms with Gasteiger partial charge in [0.1, 0.15) is 5.75 Å². The van der Waals surface area contributed by atoms with E-state index >= 15 is 0 Å². The smallest absolute Gasteiger partial charge is 0.266 e. The number of benzene rings is 1. The van der Waals surface area contributed by atoms with Crippen molar-refractivity contribution in [1.82, 2.24) is 14.8 Å². The van der Waals surface area contributed by atoms with E-state index in [1.54, 1.807) is 18.2 Å². The average Bonchev–Trinajstić information content (AvgIpc) is 3.38. The zero-order chi connectivity index (χ0) is 19.3. The second kappa shape index (κ2) is 6.43. The van der Waals surface area contributed by atoms with Crippen LogP contribution in [-0.4, -0.2) is 40.9 Å². The largest absolute Gasteiger partial charge is 0.497 e. The summed E-state index contributed by atoms with van der Waals surface area (Å²) in [6, 6.07) is 9.84. The van der Waals surface area contributed by atoms with Crippen LogP contribution >= 0.6 is 0 Å². The molecule has 5 rings (SSSR count). The first kappa shape index (κ1) is 17.4. The van der Waals surface area contributed by atoms with Crippen LogP contribution in [0.25, 0.3) is 11.0 Å². The van der Waals surface area contributed by atoms with Gasteiger partial charge in [-0.3, -0.25) is 0 Å². The Kier molecular flexibility index (Phi) is 4.00. The minimum Gasteiger partial charge on any atom is -0.497 e. The summed E-state index contributed by atoms with van der Waals surface area (Å²) in [7, 11) is 1.64. The number of fused-ring (bicyclic) bond motifs is 1. The molecule has 2 fully saturated rings. The molecule has 0 radical (unpaired) electrons. The number of nitrogens with zero attached hydrogens (tertiary/aromatic N) is 4. The van der Waals surface area contributed by atoms with Crippen molar-refractivity contribution in [2.24, 2.45) is 0 Å². The molecule has 1 saturated heterocycles. The Balaban J connectivity index is 1.54. The second-order valence-corrected chi connectivity index (χ2v) is 7.76. The highest BCUT2D eigenvalue weighted by Gasteiger charge is 2.39. The molecule has 7 heteroatoms. The Hall–Kier alpha value is -2.70. The number of anilines is 1. The Morgan fingerprint density at radius 3 is 2.64 bits per heavy atom. The minimum atomic E-state index is -2.63. The number of hydrogen-bond donors (Lipinski definition) is 0. The van der Waals surface area contributed by atoms with Gasteiger partial charge in [0.15, 0.2) is 5.65 Å². The summed E-state index contributed by atoms with van der Waals surface area (Å²) in [4.78, 5) is 6.64. The molecule has 2 aromatic heterocycles. The van der Waals surface area contributed by atoms with Gasteiger partial charge in [-0.1, -0.05) is 12.1 Å². The van der Waals surface area contributed by atoms with E-state index in [9.17, 15) is 8.78 Å². The maximum atomic E-state index is 13.8. The number of aromatic nitrogens is 3. The summed E-state index contributed by atoms with van der Waals surface area (Å²) < 4.78 is 34.7. The monoisotopic (exact) mass is 384 g/mol. The average molecular weight is 384 g/mol. The Labute approximate surface area is 161 Å². The topological polar surface area (TPSA) is 43.2 Å². The molecular formula is C21H22F2N4O. The summed E-state index contributed by atoms with van der Waals surface area (Å²) in [5.41, 5.74) is 3.68. The maximum absolute atomic E-state index is 13.8. The fourth-order valence-electron chi connectivity index (χ4n) is 3.86. The van der Waals surface area contributed by atoms with Gasteiger partial charge in [-0.15, -0.1) is 0 Å². The van der Waals surface area contributed by atoms with Crippen LogP contribution in [0, 0.1) is 0 Å². The zero-order valence-corrected chi connectivity index (χ0v) is 15.7. The second-order valence-electron chi connectivity index (χ2n) is 7.76. The quantitative estimate of drug-likeness (QED) is 0.661. The Morgan fingerprint density at radius 2 is 2.00 bits per heavy atom. The van der Waals surface area contributed by atoms with Gasteiger partial charge in [-0.05, 0) is 36.6 Å². The van der Waals surface area contributed by atoms with E-state index in [4.69, 9.17) is 9.72 Å². The fraction of sp³-hybridized carbons (Fsp3) is 0.429. The van der Waals surface area contributed by atoms with Gasteiger partial charge in [-0.25, -0.2) is 18.4 Å². The minimum absolute atomic E-state index is 0.102. The zero-order valence-electron chi connectivity index (χ0n) is 15.7. The van der Waals surface area contributed by atoms with Crippen molar-refractivity contribution in [3.05, 3.63) is 47.8 Å². The van der Waals surface area contributed by atoms with Gasteiger partial charge < -0.3 is 9.64 Å². The van der Waals surface area contributed by atoms with Gasteiger partial charge in [0.2, 0.25) is 0 Å². The van der Waals surface area contributed by atoms with E-state index < -0.39 is 5.92 Å². The molecule has 3 aromatic rings. The molecule has 1 saturated carbocycles. The predicted octanol–water partition coefficient (Wildman–Crippen LogP) is 4.21. The summed E-state index contributed by atoms with van der Waals surface area (Å²) in [5.74, 6) is -1.38. The van der Waals surface area contributed by atoms with E-state index in [-0.39, 0.29) is 13.0 Å². The predicted molar refractivity (Wildman–Crippen MR) is 103 cm³/mol. The van der Waals surface area contributed by atoms with Gasteiger partial charge >= 0.3 is 0 Å². The van der Waals surface area contributed by atoms with Crippen molar-refractivity contribution in [2.45, 2.75) is 37.6 Å². The van der Waals surface area contributed by atoms with Crippen molar-refractivity contribution >= 4 is 16.7 Å². The van der Waals surface area contributed by atoms with Crippen LogP contribution in [-0.2, 0) is 6.54 Å². The number of alkyl halides is 2. The lowest BCUT2D eigenvalue weighted by atomic mass is 10.2. The molecule has 5 nitrogen and oxygen atoms in total. The van der Waals surface area contributed by atoms with Crippen LogP contribution in [0.2, 0.25) is 0 Å². The van der Waals surface area contributed by atoms with Crippen molar-refractivity contribution in [2.75, 3.05) is 25.1 Å². The molecule has 1 aromatic carbocycles. The number of halogens is 2. The SMILES string of the molecule is COc1ccc(Cn2ncc3c(N4CCC(F)(F)C4)cc(C4CC4)nc32)cc1. The first-order valence-corrected chi connectivity index (χ1v) is 9.64. The highest BCUT2D eigenvalue weighted by atomic mass is 19.3. The van der Waals surface area contributed by atoms with Crippen molar-refractivity contribution in [1.29, 1.82) is 0 Å². The molecule has 2 aliphatic rings. The highest BCUT2D eigenvalue weighted by Crippen LogP contribution is 2.43. The summed E-state index contributed by atoms with van der Waals surface area (Å²) in [6.45, 7) is 0.698. The molecular weight excluding hydrogens is 362 g/mol. The molecule has 0 spiro atoms. The van der Waals surface area contributed by atoms with E-state index in [0.717, 1.165) is 46.6 Å². The summed E-state index contributed by atoms with van der Waals surface area (Å²) in [5, 5.41) is 5.37. The molecule has 1 aliphatic carbocycles. The normalized spacial score (nSPS) is 18.8. The van der Waals surface area contributed by atoms with Crippen molar-refractivity contribution in [3.63, 3.8) is 0 Å². The third-order valence-corrected chi connectivity index (χ3v) is 5.60. The van der Waals surface area contributed by atoms with Gasteiger partial charge in [0.25, 0.3) is 5.92 Å². The lowest BCUT2D eigenvalue weighted by Crippen LogP contribution is -2.25. The molecule has 0 unspecified atom stereocenters. The number of ether oxygens (including phenoxy) is 1. The molecule has 3 heterocycles. The van der Waals surface area contributed by atoms with E-state index in [2.05, 4.69) is 5.10 Å². The third kappa shape index (κ3) is 3.19. The molecule has 28 heavy (non-hydrogen) atoms. The maximum Gasteiger partial charge on any atom is 0.266 e. The first-order valence-electron chi connectivity index (χ1n) is 9.64. The Morgan fingerprint density at radius 1 is 1.21 bits per heavy atom. The van der Waals surface area contributed by atoms with Gasteiger partial charge in [0, 0.05) is 24.6 Å². The number of rotatable bonds is 5. The molecule has 0 atom stereocenters. The highest BCUT2D eigenvalue weighted by molar-refractivity contribution is 5.90. The lowest BCUT2D eigenvalue weighted by molar-refractivity contribution is 0.0257. The Bertz CT molecular complexity index is 1010. The van der Waals surface area contributed by atoms with E-state index in [1.165, 1.54) is 0 Å². The van der Waals surface area contributed by atoms with Crippen LogP contribution < -0.4 is 9.64 Å². The number of hydrogen-bond acceptors (Lipinski definition) is 4. The van der Waals surface area contributed by atoms with E-state index in [0.29, 0.717) is 19.0 Å². The van der Waals surface area contributed by atoms with Crippen molar-refractivity contribution in [3.8, 4) is 5.75 Å². The first-order chi connectivity index (χ1) is 13.5. The van der Waals surface area contributed by atoms with Crippen LogP contribution in [0.5, 0.6) is 5.75 Å². The van der Waals surface area contributed by atoms with E-state index in [1.807, 2.05) is 35.0 Å². The molecule has 0 N–H and O–H groups in total. The molecule has 1 aliphatic heterocycles. The fourth-order valence-corrected chi connectivity index (χ4v) is 3.86. The summed E-state index contributed by atoms with van der Waals surface area (Å²) >= 11 is 0. The lowest BCUT2D eigenvalue weighted by Gasteiger charge is -2.20. The van der Waals surface area contributed by atoms with Crippen LogP contribution in [0.4, 0.5) is 14.5 Å². The summed E-state index contributed by atoms with van der Waals surface area (Å²) in [6.07, 6.45) is 3.88. The van der Waals surface area contributed by atoms with Gasteiger partial charge in [0.05, 0.1) is 37.5 Å². The number of pyridine rings is 1. The molecule has 0 amide bonds. The molecule has 146 valence electrons. The van der Waals surface area contributed by atoms with Crippen molar-refractivity contribution < 1.29 is 13.5 Å². The van der Waals surface area contributed by atoms with Crippen LogP contribution in [0.1, 0.15) is 36.4 Å². The number of methoxy groups -OCH3 is 1.